The maximum Gasteiger partial charge on any atom is 0.293 e. The number of ether oxygens (including phenoxy) is 1. The smallest absolute Gasteiger partial charge is 0.293 e. The number of hydrogen-bond donors (Lipinski definition) is 1. The van der Waals surface area contributed by atoms with Crippen LogP contribution in [0.4, 0.5) is 17.1 Å². The highest BCUT2D eigenvalue weighted by atomic mass is 16.6. The molecule has 30 heavy (non-hydrogen) atoms. The normalized spacial score (nSPS) is 19.6. The monoisotopic (exact) mass is 414 g/mol. The standard InChI is InChI=1S/C20H26N6O4/c1-23-14-17(12-21-23)25-6-2-3-16(13-25)22-18-5-4-15(11-19(18)26(28)29)20(27)24-7-9-30-10-8-24/h4-5,11-12,14,16,22H,2-3,6-10,13H2,1H3. The summed E-state index contributed by atoms with van der Waals surface area (Å²) in [5.74, 6) is -0.201. The molecule has 4 rings (SSSR count). The Hall–Kier alpha value is -3.14. The third-order valence-corrected chi connectivity index (χ3v) is 5.58. The highest BCUT2D eigenvalue weighted by Gasteiger charge is 2.26. The number of piperidine rings is 1. The third-order valence-electron chi connectivity index (χ3n) is 5.58. The van der Waals surface area contributed by atoms with E-state index in [0.717, 1.165) is 31.6 Å². The zero-order valence-electron chi connectivity index (χ0n) is 17.0. The molecule has 2 saturated heterocycles. The SMILES string of the molecule is Cn1cc(N2CCCC(Nc3ccc(C(=O)N4CCOCC4)cc3[N+](=O)[O-])C2)cn1. The van der Waals surface area contributed by atoms with E-state index < -0.39 is 4.92 Å². The Morgan fingerprint density at radius 3 is 2.80 bits per heavy atom. The van der Waals surface area contributed by atoms with Gasteiger partial charge in [0.1, 0.15) is 5.69 Å². The molecule has 0 spiro atoms. The van der Waals surface area contributed by atoms with Crippen LogP contribution in [-0.4, -0.2) is 70.9 Å². The van der Waals surface area contributed by atoms with Crippen molar-refractivity contribution in [2.45, 2.75) is 18.9 Å². The zero-order valence-corrected chi connectivity index (χ0v) is 17.0. The number of amides is 1. The van der Waals surface area contributed by atoms with Gasteiger partial charge in [-0.1, -0.05) is 0 Å². The molecule has 1 atom stereocenters. The molecule has 0 radical (unpaired) electrons. The van der Waals surface area contributed by atoms with E-state index >= 15 is 0 Å². The van der Waals surface area contributed by atoms with Crippen LogP contribution in [0.15, 0.2) is 30.6 Å². The number of nitro groups is 1. The van der Waals surface area contributed by atoms with Gasteiger partial charge in [-0.3, -0.25) is 19.6 Å². The Labute approximate surface area is 174 Å². The summed E-state index contributed by atoms with van der Waals surface area (Å²) in [4.78, 5) is 27.9. The van der Waals surface area contributed by atoms with Crippen molar-refractivity contribution in [2.24, 2.45) is 7.05 Å². The summed E-state index contributed by atoms with van der Waals surface area (Å²) < 4.78 is 7.04. The van der Waals surface area contributed by atoms with Gasteiger partial charge in [-0.15, -0.1) is 0 Å². The van der Waals surface area contributed by atoms with Gasteiger partial charge in [0, 0.05) is 57.1 Å². The van der Waals surface area contributed by atoms with Crippen LogP contribution in [0, 0.1) is 10.1 Å². The molecule has 0 bridgehead atoms. The van der Waals surface area contributed by atoms with Crippen LogP contribution in [0.25, 0.3) is 0 Å². The van der Waals surface area contributed by atoms with E-state index in [0.29, 0.717) is 37.6 Å². The predicted molar refractivity (Wildman–Crippen MR) is 112 cm³/mol. The van der Waals surface area contributed by atoms with Crippen molar-refractivity contribution in [1.82, 2.24) is 14.7 Å². The van der Waals surface area contributed by atoms with Crippen molar-refractivity contribution >= 4 is 23.0 Å². The van der Waals surface area contributed by atoms with Gasteiger partial charge < -0.3 is 19.9 Å². The number of carbonyl (C=O) groups excluding carboxylic acids is 1. The second-order valence-corrected chi connectivity index (χ2v) is 7.70. The summed E-state index contributed by atoms with van der Waals surface area (Å²) in [6.07, 6.45) is 5.70. The second-order valence-electron chi connectivity index (χ2n) is 7.70. The lowest BCUT2D eigenvalue weighted by atomic mass is 10.0. The van der Waals surface area contributed by atoms with Gasteiger partial charge >= 0.3 is 0 Å². The molecule has 0 saturated carbocycles. The second kappa shape index (κ2) is 8.70. The first-order chi connectivity index (χ1) is 14.5. The molecule has 1 amide bonds. The van der Waals surface area contributed by atoms with Gasteiger partial charge in [0.05, 0.1) is 30.0 Å². The molecule has 0 aliphatic carbocycles. The largest absolute Gasteiger partial charge is 0.378 e. The molecule has 1 aromatic heterocycles. The summed E-state index contributed by atoms with van der Waals surface area (Å²) >= 11 is 0. The molecule has 1 N–H and O–H groups in total. The fourth-order valence-electron chi connectivity index (χ4n) is 4.01. The lowest BCUT2D eigenvalue weighted by Crippen LogP contribution is -2.42. The average Bonchev–Trinajstić information content (AvgIpc) is 3.20. The third kappa shape index (κ3) is 4.38. The number of nitro benzene ring substituents is 1. The highest BCUT2D eigenvalue weighted by Crippen LogP contribution is 2.29. The molecule has 3 heterocycles. The number of benzene rings is 1. The Kier molecular flexibility index (Phi) is 5.84. The van der Waals surface area contributed by atoms with Crippen molar-refractivity contribution in [2.75, 3.05) is 49.6 Å². The number of rotatable bonds is 5. The lowest BCUT2D eigenvalue weighted by molar-refractivity contribution is -0.384. The predicted octanol–water partition coefficient (Wildman–Crippen LogP) is 1.88. The van der Waals surface area contributed by atoms with E-state index in [1.54, 1.807) is 21.7 Å². The molecule has 10 nitrogen and oxygen atoms in total. The molecule has 160 valence electrons. The number of hydrogen-bond acceptors (Lipinski definition) is 7. The number of nitrogens with one attached hydrogen (secondary N) is 1. The number of aromatic nitrogens is 2. The van der Waals surface area contributed by atoms with Crippen LogP contribution in [0.5, 0.6) is 0 Å². The quantitative estimate of drug-likeness (QED) is 0.588. The van der Waals surface area contributed by atoms with Crippen LogP contribution in [0.2, 0.25) is 0 Å². The highest BCUT2D eigenvalue weighted by molar-refractivity contribution is 5.95. The summed E-state index contributed by atoms with van der Waals surface area (Å²) in [5, 5.41) is 19.3. The van der Waals surface area contributed by atoms with Crippen LogP contribution in [-0.2, 0) is 11.8 Å². The van der Waals surface area contributed by atoms with Crippen LogP contribution >= 0.6 is 0 Å². The van der Waals surface area contributed by atoms with Gasteiger partial charge in [-0.05, 0) is 25.0 Å². The van der Waals surface area contributed by atoms with E-state index in [1.807, 2.05) is 19.4 Å². The molecule has 2 aliphatic heterocycles. The summed E-state index contributed by atoms with van der Waals surface area (Å²) in [5.41, 5.74) is 1.74. The van der Waals surface area contributed by atoms with Crippen molar-refractivity contribution in [3.05, 3.63) is 46.3 Å². The molecule has 2 aliphatic rings. The topological polar surface area (TPSA) is 106 Å². The Morgan fingerprint density at radius 1 is 1.30 bits per heavy atom. The average molecular weight is 414 g/mol. The number of morpholine rings is 1. The fraction of sp³-hybridized carbons (Fsp3) is 0.500. The van der Waals surface area contributed by atoms with Crippen molar-refractivity contribution < 1.29 is 14.5 Å². The van der Waals surface area contributed by atoms with E-state index in [2.05, 4.69) is 15.3 Å². The summed E-state index contributed by atoms with van der Waals surface area (Å²) in [6, 6.07) is 4.75. The minimum Gasteiger partial charge on any atom is -0.378 e. The zero-order chi connectivity index (χ0) is 21.1. The van der Waals surface area contributed by atoms with Gasteiger partial charge in [0.25, 0.3) is 11.6 Å². The number of anilines is 2. The summed E-state index contributed by atoms with van der Waals surface area (Å²) in [7, 11) is 1.88. The minimum atomic E-state index is -0.430. The molecule has 2 fully saturated rings. The first kappa shape index (κ1) is 20.1. The molecule has 2 aromatic rings. The number of carbonyl (C=O) groups is 1. The van der Waals surface area contributed by atoms with E-state index in [4.69, 9.17) is 4.74 Å². The van der Waals surface area contributed by atoms with Crippen LogP contribution < -0.4 is 10.2 Å². The Morgan fingerprint density at radius 2 is 2.10 bits per heavy atom. The maximum atomic E-state index is 12.7. The first-order valence-electron chi connectivity index (χ1n) is 10.2. The van der Waals surface area contributed by atoms with Crippen LogP contribution in [0.1, 0.15) is 23.2 Å². The van der Waals surface area contributed by atoms with Crippen molar-refractivity contribution in [3.63, 3.8) is 0 Å². The van der Waals surface area contributed by atoms with Gasteiger partial charge in [0.15, 0.2) is 0 Å². The summed E-state index contributed by atoms with van der Waals surface area (Å²) in [6.45, 7) is 3.64. The van der Waals surface area contributed by atoms with E-state index in [1.165, 1.54) is 6.07 Å². The lowest BCUT2D eigenvalue weighted by Gasteiger charge is -2.34. The number of aryl methyl sites for hydroxylation is 1. The van der Waals surface area contributed by atoms with Gasteiger partial charge in [0.2, 0.25) is 0 Å². The first-order valence-corrected chi connectivity index (χ1v) is 10.2. The molecular formula is C20H26N6O4. The fourth-order valence-corrected chi connectivity index (χ4v) is 4.01. The van der Waals surface area contributed by atoms with Crippen molar-refractivity contribution in [1.29, 1.82) is 0 Å². The molecule has 10 heteroatoms. The Bertz CT molecular complexity index is 924. The van der Waals surface area contributed by atoms with Gasteiger partial charge in [-0.2, -0.15) is 5.10 Å². The van der Waals surface area contributed by atoms with E-state index in [9.17, 15) is 14.9 Å². The van der Waals surface area contributed by atoms with Gasteiger partial charge in [-0.25, -0.2) is 0 Å². The van der Waals surface area contributed by atoms with E-state index in [-0.39, 0.29) is 17.6 Å². The van der Waals surface area contributed by atoms with Crippen LogP contribution in [0.3, 0.4) is 0 Å². The van der Waals surface area contributed by atoms with Crippen molar-refractivity contribution in [3.8, 4) is 0 Å². The minimum absolute atomic E-state index is 0.0680. The number of nitrogens with zero attached hydrogens (tertiary/aromatic N) is 5. The molecule has 1 unspecified atom stereocenters. The maximum absolute atomic E-state index is 12.7. The Balaban J connectivity index is 1.49. The molecular weight excluding hydrogens is 388 g/mol. The molecule has 1 aromatic carbocycles.